The van der Waals surface area contributed by atoms with Gasteiger partial charge in [0.1, 0.15) is 11.4 Å². The molecule has 1 heterocycles. The Labute approximate surface area is 156 Å². The zero-order valence-corrected chi connectivity index (χ0v) is 16.4. The Morgan fingerprint density at radius 2 is 1.85 bits per heavy atom. The number of ether oxygens (including phenoxy) is 2. The third-order valence-electron chi connectivity index (χ3n) is 5.09. The first-order valence-corrected chi connectivity index (χ1v) is 9.45. The summed E-state index contributed by atoms with van der Waals surface area (Å²) in [7, 11) is 1.72. The van der Waals surface area contributed by atoms with Crippen molar-refractivity contribution in [3.63, 3.8) is 0 Å². The molecule has 2 aliphatic rings. The summed E-state index contributed by atoms with van der Waals surface area (Å²) in [6, 6.07) is 4.40. The first kappa shape index (κ1) is 18.8. The minimum atomic E-state index is -0.456. The van der Waals surface area contributed by atoms with Gasteiger partial charge in [-0.3, -0.25) is 0 Å². The molecule has 0 unspecified atom stereocenters. The third kappa shape index (κ3) is 4.06. The molecule has 0 radical (unpaired) electrons. The van der Waals surface area contributed by atoms with E-state index >= 15 is 0 Å². The van der Waals surface area contributed by atoms with E-state index in [9.17, 15) is 4.79 Å². The van der Waals surface area contributed by atoms with Gasteiger partial charge in [-0.05, 0) is 57.7 Å². The number of rotatable bonds is 2. The molecule has 0 saturated carbocycles. The van der Waals surface area contributed by atoms with Gasteiger partial charge in [-0.2, -0.15) is 0 Å². The molecule has 0 spiro atoms. The summed E-state index contributed by atoms with van der Waals surface area (Å²) < 4.78 is 11.0. The van der Waals surface area contributed by atoms with E-state index in [1.54, 1.807) is 12.0 Å². The Balaban J connectivity index is 1.72. The molecule has 1 amide bonds. The molecule has 6 heteroatoms. The molecule has 1 aliphatic heterocycles. The van der Waals surface area contributed by atoms with Gasteiger partial charge in [0.2, 0.25) is 0 Å². The van der Waals surface area contributed by atoms with Crippen LogP contribution < -0.4 is 15.4 Å². The summed E-state index contributed by atoms with van der Waals surface area (Å²) in [5.41, 5.74) is 9.59. The lowest BCUT2D eigenvalue weighted by molar-refractivity contribution is 0.0240. The molecule has 1 saturated heterocycles. The number of benzene rings is 1. The standard InChI is InChI=1S/C20H31N3O3/c1-20(2,3)26-19(24)23-11-9-22(10-12-23)17-7-8-18(25-4)16-13-14(21)5-6-15(16)17/h7-8,14H,5-6,9-13,21H2,1-4H3/t14-/m0/s1. The SMILES string of the molecule is COc1ccc(N2CCN(C(=O)OC(C)(C)C)CC2)c2c1C[C@@H](N)CC2. The molecule has 3 rings (SSSR count). The molecule has 0 bridgehead atoms. The number of amides is 1. The Bertz CT molecular complexity index is 661. The minimum Gasteiger partial charge on any atom is -0.496 e. The van der Waals surface area contributed by atoms with E-state index in [4.69, 9.17) is 15.2 Å². The van der Waals surface area contributed by atoms with Crippen LogP contribution in [0.25, 0.3) is 0 Å². The van der Waals surface area contributed by atoms with Crippen molar-refractivity contribution in [3.8, 4) is 5.75 Å². The van der Waals surface area contributed by atoms with E-state index in [1.165, 1.54) is 16.8 Å². The van der Waals surface area contributed by atoms with Crippen molar-refractivity contribution in [2.45, 2.75) is 51.7 Å². The van der Waals surface area contributed by atoms with Gasteiger partial charge in [-0.15, -0.1) is 0 Å². The molecule has 1 atom stereocenters. The molecule has 2 N–H and O–H groups in total. The van der Waals surface area contributed by atoms with E-state index < -0.39 is 5.60 Å². The maximum Gasteiger partial charge on any atom is 0.410 e. The Morgan fingerprint density at radius 3 is 2.46 bits per heavy atom. The highest BCUT2D eigenvalue weighted by Crippen LogP contribution is 2.36. The summed E-state index contributed by atoms with van der Waals surface area (Å²) in [6.07, 6.45) is 2.63. The van der Waals surface area contributed by atoms with Gasteiger partial charge < -0.3 is 25.0 Å². The van der Waals surface area contributed by atoms with E-state index in [0.717, 1.165) is 38.1 Å². The van der Waals surface area contributed by atoms with Crippen LogP contribution in [-0.2, 0) is 17.6 Å². The van der Waals surface area contributed by atoms with Crippen molar-refractivity contribution in [1.82, 2.24) is 4.90 Å². The molecule has 1 aromatic carbocycles. The molecule has 1 aliphatic carbocycles. The molecule has 6 nitrogen and oxygen atoms in total. The van der Waals surface area contributed by atoms with Crippen molar-refractivity contribution >= 4 is 11.8 Å². The van der Waals surface area contributed by atoms with Crippen LogP contribution >= 0.6 is 0 Å². The molecular formula is C20H31N3O3. The van der Waals surface area contributed by atoms with Crippen LogP contribution in [0.15, 0.2) is 12.1 Å². The Morgan fingerprint density at radius 1 is 1.15 bits per heavy atom. The van der Waals surface area contributed by atoms with Crippen LogP contribution in [0.4, 0.5) is 10.5 Å². The van der Waals surface area contributed by atoms with Crippen LogP contribution in [-0.4, -0.2) is 55.9 Å². The first-order valence-electron chi connectivity index (χ1n) is 9.45. The third-order valence-corrected chi connectivity index (χ3v) is 5.09. The monoisotopic (exact) mass is 361 g/mol. The van der Waals surface area contributed by atoms with Crippen LogP contribution in [0.1, 0.15) is 38.3 Å². The largest absolute Gasteiger partial charge is 0.496 e. The molecule has 144 valence electrons. The summed E-state index contributed by atoms with van der Waals surface area (Å²) >= 11 is 0. The second kappa shape index (κ2) is 7.35. The Hall–Kier alpha value is -1.95. The van der Waals surface area contributed by atoms with Gasteiger partial charge in [0.05, 0.1) is 7.11 Å². The van der Waals surface area contributed by atoms with Crippen molar-refractivity contribution in [1.29, 1.82) is 0 Å². The number of carbonyl (C=O) groups excluding carboxylic acids is 1. The van der Waals surface area contributed by atoms with Gasteiger partial charge in [-0.25, -0.2) is 4.79 Å². The van der Waals surface area contributed by atoms with Gasteiger partial charge in [0, 0.05) is 43.5 Å². The number of carbonyl (C=O) groups is 1. The fourth-order valence-corrected chi connectivity index (χ4v) is 3.80. The first-order chi connectivity index (χ1) is 12.3. The number of piperazine rings is 1. The van der Waals surface area contributed by atoms with Crippen molar-refractivity contribution in [3.05, 3.63) is 23.3 Å². The minimum absolute atomic E-state index is 0.204. The number of nitrogens with two attached hydrogens (primary N) is 1. The van der Waals surface area contributed by atoms with E-state index in [2.05, 4.69) is 11.0 Å². The summed E-state index contributed by atoms with van der Waals surface area (Å²) in [5.74, 6) is 0.936. The predicted octanol–water partition coefficient (Wildman–Crippen LogP) is 2.57. The highest BCUT2D eigenvalue weighted by molar-refractivity contribution is 5.69. The van der Waals surface area contributed by atoms with Crippen LogP contribution in [0, 0.1) is 0 Å². The number of hydrogen-bond donors (Lipinski definition) is 1. The predicted molar refractivity (Wildman–Crippen MR) is 103 cm³/mol. The maximum absolute atomic E-state index is 12.3. The lowest BCUT2D eigenvalue weighted by Crippen LogP contribution is -2.50. The van der Waals surface area contributed by atoms with Gasteiger partial charge in [0.15, 0.2) is 0 Å². The molecular weight excluding hydrogens is 330 g/mol. The number of nitrogens with zero attached hydrogens (tertiary/aromatic N) is 2. The fourth-order valence-electron chi connectivity index (χ4n) is 3.80. The van der Waals surface area contributed by atoms with Crippen LogP contribution in [0.2, 0.25) is 0 Å². The quantitative estimate of drug-likeness (QED) is 0.877. The van der Waals surface area contributed by atoms with Gasteiger partial charge in [-0.1, -0.05) is 0 Å². The summed E-state index contributed by atoms with van der Waals surface area (Å²) in [6.45, 7) is 8.67. The lowest BCUT2D eigenvalue weighted by atomic mass is 9.86. The highest BCUT2D eigenvalue weighted by atomic mass is 16.6. The second-order valence-corrected chi connectivity index (χ2v) is 8.20. The average molecular weight is 361 g/mol. The van der Waals surface area contributed by atoms with E-state index in [1.807, 2.05) is 26.8 Å². The second-order valence-electron chi connectivity index (χ2n) is 8.20. The van der Waals surface area contributed by atoms with E-state index in [-0.39, 0.29) is 12.1 Å². The van der Waals surface area contributed by atoms with Crippen molar-refractivity contribution in [2.75, 3.05) is 38.2 Å². The molecule has 26 heavy (non-hydrogen) atoms. The van der Waals surface area contributed by atoms with Crippen molar-refractivity contribution in [2.24, 2.45) is 5.73 Å². The highest BCUT2D eigenvalue weighted by Gasteiger charge is 2.29. The normalized spacial score (nSPS) is 20.6. The van der Waals surface area contributed by atoms with Crippen LogP contribution in [0.3, 0.4) is 0 Å². The zero-order valence-electron chi connectivity index (χ0n) is 16.4. The number of hydrogen-bond acceptors (Lipinski definition) is 5. The number of methoxy groups -OCH3 is 1. The average Bonchev–Trinajstić information content (AvgIpc) is 2.59. The smallest absolute Gasteiger partial charge is 0.410 e. The number of fused-ring (bicyclic) bond motifs is 1. The Kier molecular flexibility index (Phi) is 5.32. The molecule has 1 aromatic rings. The van der Waals surface area contributed by atoms with Gasteiger partial charge in [0.25, 0.3) is 0 Å². The lowest BCUT2D eigenvalue weighted by Gasteiger charge is -2.38. The van der Waals surface area contributed by atoms with Crippen LogP contribution in [0.5, 0.6) is 5.75 Å². The summed E-state index contributed by atoms with van der Waals surface area (Å²) in [5, 5.41) is 0. The van der Waals surface area contributed by atoms with Gasteiger partial charge >= 0.3 is 6.09 Å². The topological polar surface area (TPSA) is 68.0 Å². The van der Waals surface area contributed by atoms with Crippen molar-refractivity contribution < 1.29 is 14.3 Å². The molecule has 1 fully saturated rings. The number of anilines is 1. The van der Waals surface area contributed by atoms with E-state index in [0.29, 0.717) is 13.1 Å². The maximum atomic E-state index is 12.3. The fraction of sp³-hybridized carbons (Fsp3) is 0.650. The molecule has 0 aromatic heterocycles. The zero-order chi connectivity index (χ0) is 18.9. The summed E-state index contributed by atoms with van der Waals surface area (Å²) in [4.78, 5) is 16.4.